The number of ether oxygens (including phenoxy) is 1. The van der Waals surface area contributed by atoms with E-state index < -0.39 is 5.91 Å². The molecule has 0 radical (unpaired) electrons. The van der Waals surface area contributed by atoms with Gasteiger partial charge in [-0.2, -0.15) is 0 Å². The standard InChI is InChI=1S/C21H23N3O3S/c1-14-12-19(15(2)24(14)13-18-4-3-11-28-18)21(26)23-16-5-7-17(8-6-16)27-10-9-20(22)25/h3-8,11-12H,9-10,13H2,1-2H3,(H2,22,25)(H,23,26). The third-order valence-electron chi connectivity index (χ3n) is 4.44. The predicted octanol–water partition coefficient (Wildman–Crippen LogP) is 3.72. The SMILES string of the molecule is Cc1cc(C(=O)Nc2ccc(OCCC(N)=O)cc2)c(C)n1Cc1cccs1. The average Bonchev–Trinajstić information content (AvgIpc) is 3.26. The van der Waals surface area contributed by atoms with E-state index in [1.807, 2.05) is 26.0 Å². The highest BCUT2D eigenvalue weighted by molar-refractivity contribution is 7.09. The van der Waals surface area contributed by atoms with Crippen LogP contribution in [-0.4, -0.2) is 23.0 Å². The van der Waals surface area contributed by atoms with Crippen LogP contribution in [0, 0.1) is 13.8 Å². The number of primary amides is 1. The molecule has 2 aromatic heterocycles. The maximum Gasteiger partial charge on any atom is 0.257 e. The van der Waals surface area contributed by atoms with Crippen LogP contribution in [0.3, 0.4) is 0 Å². The summed E-state index contributed by atoms with van der Waals surface area (Å²) in [6.07, 6.45) is 0.166. The molecule has 0 aliphatic rings. The lowest BCUT2D eigenvalue weighted by Crippen LogP contribution is -2.15. The molecule has 0 aliphatic heterocycles. The maximum absolute atomic E-state index is 12.7. The van der Waals surface area contributed by atoms with Crippen molar-refractivity contribution in [2.45, 2.75) is 26.8 Å². The molecule has 0 atom stereocenters. The Labute approximate surface area is 167 Å². The smallest absolute Gasteiger partial charge is 0.257 e. The molecule has 0 saturated heterocycles. The molecule has 1 aromatic carbocycles. The summed E-state index contributed by atoms with van der Waals surface area (Å²) in [5.41, 5.74) is 8.41. The first-order valence-electron chi connectivity index (χ1n) is 8.95. The van der Waals surface area contributed by atoms with Crippen LogP contribution in [0.25, 0.3) is 0 Å². The largest absolute Gasteiger partial charge is 0.493 e. The van der Waals surface area contributed by atoms with Gasteiger partial charge in [0.25, 0.3) is 5.91 Å². The number of nitrogens with two attached hydrogens (primary N) is 1. The number of carbonyl (C=O) groups excluding carboxylic acids is 2. The van der Waals surface area contributed by atoms with Crippen molar-refractivity contribution < 1.29 is 14.3 Å². The van der Waals surface area contributed by atoms with Crippen LogP contribution < -0.4 is 15.8 Å². The quantitative estimate of drug-likeness (QED) is 0.607. The number of rotatable bonds is 8. The number of hydrogen-bond donors (Lipinski definition) is 2. The number of amides is 2. The molecule has 2 amide bonds. The van der Waals surface area contributed by atoms with Crippen molar-refractivity contribution in [1.29, 1.82) is 0 Å². The normalized spacial score (nSPS) is 10.6. The maximum atomic E-state index is 12.7. The first-order valence-corrected chi connectivity index (χ1v) is 9.83. The molecule has 3 N–H and O–H groups in total. The van der Waals surface area contributed by atoms with Crippen molar-refractivity contribution in [2.24, 2.45) is 5.73 Å². The molecule has 0 bridgehead atoms. The van der Waals surface area contributed by atoms with Crippen LogP contribution in [0.1, 0.15) is 33.0 Å². The van der Waals surface area contributed by atoms with E-state index in [0.29, 0.717) is 17.0 Å². The number of hydrogen-bond acceptors (Lipinski definition) is 4. The zero-order valence-corrected chi connectivity index (χ0v) is 16.7. The summed E-state index contributed by atoms with van der Waals surface area (Å²) >= 11 is 1.70. The summed E-state index contributed by atoms with van der Waals surface area (Å²) in [6.45, 7) is 4.97. The minimum atomic E-state index is -0.402. The predicted molar refractivity (Wildman–Crippen MR) is 111 cm³/mol. The lowest BCUT2D eigenvalue weighted by Gasteiger charge is -2.10. The Kier molecular flexibility index (Phi) is 6.16. The van der Waals surface area contributed by atoms with Crippen molar-refractivity contribution in [2.75, 3.05) is 11.9 Å². The molecule has 0 spiro atoms. The van der Waals surface area contributed by atoms with Gasteiger partial charge in [0, 0.05) is 22.0 Å². The van der Waals surface area contributed by atoms with Crippen LogP contribution in [0.4, 0.5) is 5.69 Å². The van der Waals surface area contributed by atoms with Crippen molar-refractivity contribution >= 4 is 28.8 Å². The van der Waals surface area contributed by atoms with Crippen LogP contribution in [0.2, 0.25) is 0 Å². The summed E-state index contributed by atoms with van der Waals surface area (Å²) in [4.78, 5) is 24.7. The van der Waals surface area contributed by atoms with Crippen LogP contribution in [0.5, 0.6) is 5.75 Å². The van der Waals surface area contributed by atoms with Gasteiger partial charge in [0.15, 0.2) is 0 Å². The molecular formula is C21H23N3O3S. The van der Waals surface area contributed by atoms with Crippen LogP contribution >= 0.6 is 11.3 Å². The fraction of sp³-hybridized carbons (Fsp3) is 0.238. The number of thiophene rings is 1. The Hall–Kier alpha value is -3.06. The number of carbonyl (C=O) groups is 2. The van der Waals surface area contributed by atoms with E-state index in [1.54, 1.807) is 35.6 Å². The van der Waals surface area contributed by atoms with Gasteiger partial charge < -0.3 is 20.4 Å². The highest BCUT2D eigenvalue weighted by Gasteiger charge is 2.16. The number of aromatic nitrogens is 1. The van der Waals surface area contributed by atoms with Gasteiger partial charge in [-0.15, -0.1) is 11.3 Å². The van der Waals surface area contributed by atoms with Crippen molar-refractivity contribution in [3.8, 4) is 5.75 Å². The minimum absolute atomic E-state index is 0.145. The molecular weight excluding hydrogens is 374 g/mol. The van der Waals surface area contributed by atoms with E-state index in [-0.39, 0.29) is 18.9 Å². The molecule has 146 valence electrons. The highest BCUT2D eigenvalue weighted by atomic mass is 32.1. The molecule has 0 fully saturated rings. The van der Waals surface area contributed by atoms with Crippen LogP contribution in [-0.2, 0) is 11.3 Å². The molecule has 0 unspecified atom stereocenters. The summed E-state index contributed by atoms with van der Waals surface area (Å²) in [6, 6.07) is 13.1. The zero-order valence-electron chi connectivity index (χ0n) is 15.9. The zero-order chi connectivity index (χ0) is 20.1. The first kappa shape index (κ1) is 19.7. The molecule has 0 aliphatic carbocycles. The lowest BCUT2D eigenvalue weighted by atomic mass is 10.2. The van der Waals surface area contributed by atoms with Crippen LogP contribution in [0.15, 0.2) is 47.8 Å². The van der Waals surface area contributed by atoms with Gasteiger partial charge in [-0.05, 0) is 55.6 Å². The summed E-state index contributed by atoms with van der Waals surface area (Å²) < 4.78 is 7.58. The average molecular weight is 398 g/mol. The second kappa shape index (κ2) is 8.75. The van der Waals surface area contributed by atoms with Gasteiger partial charge >= 0.3 is 0 Å². The molecule has 7 heteroatoms. The summed E-state index contributed by atoms with van der Waals surface area (Å²) in [7, 11) is 0. The number of aryl methyl sites for hydroxylation is 1. The third-order valence-corrected chi connectivity index (χ3v) is 5.30. The van der Waals surface area contributed by atoms with Gasteiger partial charge in [0.05, 0.1) is 25.1 Å². The molecule has 2 heterocycles. The van der Waals surface area contributed by atoms with Crippen molar-refractivity contribution in [1.82, 2.24) is 4.57 Å². The second-order valence-corrected chi connectivity index (χ2v) is 7.53. The van der Waals surface area contributed by atoms with Crippen molar-refractivity contribution in [3.63, 3.8) is 0 Å². The van der Waals surface area contributed by atoms with Gasteiger partial charge in [-0.3, -0.25) is 9.59 Å². The number of anilines is 1. The molecule has 3 aromatic rings. The Balaban J connectivity index is 1.65. The highest BCUT2D eigenvalue weighted by Crippen LogP contribution is 2.21. The first-order chi connectivity index (χ1) is 13.4. The molecule has 3 rings (SSSR count). The van der Waals surface area contributed by atoms with Gasteiger partial charge in [0.2, 0.25) is 5.91 Å². The van der Waals surface area contributed by atoms with Gasteiger partial charge in [0.1, 0.15) is 5.75 Å². The Bertz CT molecular complexity index is 960. The lowest BCUT2D eigenvalue weighted by molar-refractivity contribution is -0.118. The van der Waals surface area contributed by atoms with E-state index >= 15 is 0 Å². The van der Waals surface area contributed by atoms with E-state index in [9.17, 15) is 9.59 Å². The van der Waals surface area contributed by atoms with Gasteiger partial charge in [-0.1, -0.05) is 6.07 Å². The summed E-state index contributed by atoms with van der Waals surface area (Å²) in [5, 5.41) is 4.97. The topological polar surface area (TPSA) is 86.3 Å². The Morgan fingerprint density at radius 1 is 1.18 bits per heavy atom. The number of benzene rings is 1. The summed E-state index contributed by atoms with van der Waals surface area (Å²) in [5.74, 6) is 0.0712. The number of nitrogens with one attached hydrogen (secondary N) is 1. The van der Waals surface area contributed by atoms with E-state index in [4.69, 9.17) is 10.5 Å². The van der Waals surface area contributed by atoms with Crippen molar-refractivity contribution in [3.05, 3.63) is 69.7 Å². The molecule has 28 heavy (non-hydrogen) atoms. The fourth-order valence-corrected chi connectivity index (χ4v) is 3.63. The fourth-order valence-electron chi connectivity index (χ4n) is 2.94. The molecule has 6 nitrogen and oxygen atoms in total. The van der Waals surface area contributed by atoms with E-state index in [0.717, 1.165) is 17.9 Å². The third kappa shape index (κ3) is 4.80. The van der Waals surface area contributed by atoms with E-state index in [2.05, 4.69) is 21.3 Å². The van der Waals surface area contributed by atoms with Gasteiger partial charge in [-0.25, -0.2) is 0 Å². The van der Waals surface area contributed by atoms with E-state index in [1.165, 1.54) is 4.88 Å². The minimum Gasteiger partial charge on any atom is -0.493 e. The Morgan fingerprint density at radius 3 is 2.57 bits per heavy atom. The number of nitrogens with zero attached hydrogens (tertiary/aromatic N) is 1. The second-order valence-electron chi connectivity index (χ2n) is 6.49. The molecule has 0 saturated carbocycles. The Morgan fingerprint density at radius 2 is 1.93 bits per heavy atom. The monoisotopic (exact) mass is 397 g/mol.